The highest BCUT2D eigenvalue weighted by atomic mass is 16.6. The number of rotatable bonds is 10. The molecule has 0 aliphatic rings. The van der Waals surface area contributed by atoms with Gasteiger partial charge in [0.25, 0.3) is 22.7 Å². The molecule has 3 rings (SSSR count). The first kappa shape index (κ1) is 25.7. The van der Waals surface area contributed by atoms with Gasteiger partial charge < -0.3 is 9.47 Å². The fourth-order valence-electron chi connectivity index (χ4n) is 2.73. The molecule has 0 saturated carbocycles. The maximum Gasteiger partial charge on any atom is 0.339 e. The molecule has 0 amide bonds. The molecular formula is C18H10N6O13. The van der Waals surface area contributed by atoms with Crippen LogP contribution in [-0.2, 0) is 22.7 Å². The van der Waals surface area contributed by atoms with Crippen molar-refractivity contribution in [2.45, 2.75) is 13.2 Å². The van der Waals surface area contributed by atoms with E-state index in [4.69, 9.17) is 9.47 Å². The number of ether oxygens (including phenoxy) is 2. The highest BCUT2D eigenvalue weighted by molar-refractivity contribution is 5.91. The van der Waals surface area contributed by atoms with E-state index in [1.807, 2.05) is 0 Å². The van der Waals surface area contributed by atoms with Gasteiger partial charge in [-0.3, -0.25) is 40.5 Å². The number of benzene rings is 2. The summed E-state index contributed by atoms with van der Waals surface area (Å²) >= 11 is 0. The van der Waals surface area contributed by atoms with Crippen molar-refractivity contribution >= 4 is 34.7 Å². The Morgan fingerprint density at radius 3 is 1.19 bits per heavy atom. The van der Waals surface area contributed by atoms with Crippen molar-refractivity contribution in [3.63, 3.8) is 0 Å². The lowest BCUT2D eigenvalue weighted by molar-refractivity contribution is -0.394. The summed E-state index contributed by atoms with van der Waals surface area (Å²) in [7, 11) is 0. The molecule has 0 bridgehead atoms. The Hall–Kier alpha value is -5.88. The summed E-state index contributed by atoms with van der Waals surface area (Å²) < 4.78 is 14.3. The number of nitrogens with zero attached hydrogens (tertiary/aromatic N) is 6. The monoisotopic (exact) mass is 518 g/mol. The largest absolute Gasteiger partial charge is 0.455 e. The van der Waals surface area contributed by atoms with E-state index in [0.29, 0.717) is 12.1 Å². The van der Waals surface area contributed by atoms with Crippen molar-refractivity contribution in [1.29, 1.82) is 0 Å². The van der Waals surface area contributed by atoms with Crippen LogP contribution < -0.4 is 0 Å². The molecule has 19 heteroatoms. The van der Waals surface area contributed by atoms with Crippen LogP contribution >= 0.6 is 0 Å². The van der Waals surface area contributed by atoms with Gasteiger partial charge in [0.15, 0.2) is 0 Å². The second-order valence-corrected chi connectivity index (χ2v) is 6.81. The third kappa shape index (κ3) is 6.17. The minimum absolute atomic E-state index is 0.175. The molecule has 0 spiro atoms. The molecule has 0 unspecified atom stereocenters. The lowest BCUT2D eigenvalue weighted by atomic mass is 10.2. The first-order chi connectivity index (χ1) is 17.5. The first-order valence-electron chi connectivity index (χ1n) is 9.48. The van der Waals surface area contributed by atoms with E-state index in [0.717, 1.165) is 24.3 Å². The van der Waals surface area contributed by atoms with E-state index in [1.165, 1.54) is 0 Å². The maximum atomic E-state index is 12.3. The number of carbonyl (C=O) groups excluding carboxylic acids is 2. The summed E-state index contributed by atoms with van der Waals surface area (Å²) in [5.74, 6) is -2.39. The topological polar surface area (TPSA) is 264 Å². The molecule has 1 aromatic heterocycles. The van der Waals surface area contributed by atoms with Gasteiger partial charge in [0, 0.05) is 24.3 Å². The minimum Gasteiger partial charge on any atom is -0.455 e. The zero-order valence-electron chi connectivity index (χ0n) is 17.9. The summed E-state index contributed by atoms with van der Waals surface area (Å²) in [6.07, 6.45) is 0. The summed E-state index contributed by atoms with van der Waals surface area (Å²) in [4.78, 5) is 64.7. The van der Waals surface area contributed by atoms with Crippen molar-refractivity contribution in [2.24, 2.45) is 0 Å². The first-order valence-corrected chi connectivity index (χ1v) is 9.48. The lowest BCUT2D eigenvalue weighted by Gasteiger charge is -2.05. The minimum atomic E-state index is -1.19. The van der Waals surface area contributed by atoms with Crippen molar-refractivity contribution in [3.8, 4) is 0 Å². The van der Waals surface area contributed by atoms with E-state index in [-0.39, 0.29) is 11.4 Å². The van der Waals surface area contributed by atoms with Crippen LogP contribution in [0.1, 0.15) is 32.1 Å². The predicted molar refractivity (Wildman–Crippen MR) is 112 cm³/mol. The second kappa shape index (κ2) is 10.6. The number of hydrogen-bond acceptors (Lipinski definition) is 15. The van der Waals surface area contributed by atoms with Crippen LogP contribution in [0.4, 0.5) is 22.7 Å². The second-order valence-electron chi connectivity index (χ2n) is 6.81. The van der Waals surface area contributed by atoms with E-state index in [9.17, 15) is 50.0 Å². The van der Waals surface area contributed by atoms with E-state index < -0.39 is 78.7 Å². The van der Waals surface area contributed by atoms with Gasteiger partial charge in [-0.15, -0.1) is 0 Å². The molecule has 0 saturated heterocycles. The van der Waals surface area contributed by atoms with E-state index >= 15 is 0 Å². The van der Waals surface area contributed by atoms with Crippen molar-refractivity contribution in [3.05, 3.63) is 99.4 Å². The number of esters is 2. The Morgan fingerprint density at radius 2 is 0.919 bits per heavy atom. The van der Waals surface area contributed by atoms with Crippen molar-refractivity contribution in [2.75, 3.05) is 0 Å². The van der Waals surface area contributed by atoms with Crippen LogP contribution in [0.3, 0.4) is 0 Å². The van der Waals surface area contributed by atoms with Crippen LogP contribution in [0, 0.1) is 40.5 Å². The molecule has 0 radical (unpaired) electrons. The predicted octanol–water partition coefficient (Wildman–Crippen LogP) is 2.42. The third-order valence-electron chi connectivity index (χ3n) is 4.43. The number of hydrogen-bond donors (Lipinski definition) is 0. The van der Waals surface area contributed by atoms with Crippen LogP contribution in [-0.4, -0.2) is 41.9 Å². The van der Waals surface area contributed by atoms with Crippen LogP contribution in [0.25, 0.3) is 0 Å². The molecule has 0 aliphatic carbocycles. The molecule has 1 heterocycles. The van der Waals surface area contributed by atoms with Crippen LogP contribution in [0.15, 0.2) is 41.0 Å². The maximum absolute atomic E-state index is 12.3. The number of carbonyl (C=O) groups is 2. The molecule has 3 aromatic rings. The average Bonchev–Trinajstić information content (AvgIpc) is 3.32. The Bertz CT molecular complexity index is 1280. The Balaban J connectivity index is 1.70. The summed E-state index contributed by atoms with van der Waals surface area (Å²) in [6.45, 7) is -1.32. The highest BCUT2D eigenvalue weighted by Gasteiger charge is 2.24. The summed E-state index contributed by atoms with van der Waals surface area (Å²) in [5, 5.41) is 50.8. The quantitative estimate of drug-likeness (QED) is 0.212. The van der Waals surface area contributed by atoms with Gasteiger partial charge in [0.1, 0.15) is 24.6 Å². The van der Waals surface area contributed by atoms with Gasteiger partial charge in [-0.25, -0.2) is 14.2 Å². The van der Waals surface area contributed by atoms with E-state index in [1.54, 1.807) is 0 Å². The molecule has 0 N–H and O–H groups in total. The number of nitro groups is 4. The highest BCUT2D eigenvalue weighted by Crippen LogP contribution is 2.25. The molecular weight excluding hydrogens is 508 g/mol. The summed E-state index contributed by atoms with van der Waals surface area (Å²) in [6, 6.07) is 4.35. The molecule has 19 nitrogen and oxygen atoms in total. The fraction of sp³-hybridized carbons (Fsp3) is 0.111. The standard InChI is InChI=1S/C18H10N6O13/c25-17(9-1-11(21(27)28)5-12(2-9)22(29)30)35-7-15-16(20-37-19-15)8-36-18(26)10-3-13(23(31)32)6-14(4-10)24(33)34/h1-6H,7-8H2. The van der Waals surface area contributed by atoms with Crippen molar-refractivity contribution < 1.29 is 43.4 Å². The van der Waals surface area contributed by atoms with Crippen LogP contribution in [0.5, 0.6) is 0 Å². The number of non-ortho nitro benzene ring substituents is 4. The van der Waals surface area contributed by atoms with Gasteiger partial charge in [0.05, 0.1) is 43.0 Å². The van der Waals surface area contributed by atoms with Gasteiger partial charge in [0.2, 0.25) is 0 Å². The number of nitro benzene ring substituents is 4. The molecule has 0 atom stereocenters. The normalized spacial score (nSPS) is 10.4. The Labute approximate surface area is 201 Å². The SMILES string of the molecule is O=C(OCc1nonc1COC(=O)c1cc([N+](=O)[O-])cc([N+](=O)[O-])c1)c1cc([N+](=O)[O-])cc([N+](=O)[O-])c1. The lowest BCUT2D eigenvalue weighted by Crippen LogP contribution is -2.10. The molecule has 37 heavy (non-hydrogen) atoms. The van der Waals surface area contributed by atoms with Crippen molar-refractivity contribution in [1.82, 2.24) is 10.3 Å². The Morgan fingerprint density at radius 1 is 0.622 bits per heavy atom. The summed E-state index contributed by atoms with van der Waals surface area (Å²) in [5.41, 5.74) is -4.25. The molecule has 190 valence electrons. The zero-order valence-corrected chi connectivity index (χ0v) is 17.9. The third-order valence-corrected chi connectivity index (χ3v) is 4.43. The number of aromatic nitrogens is 2. The van der Waals surface area contributed by atoms with Crippen LogP contribution in [0.2, 0.25) is 0 Å². The van der Waals surface area contributed by atoms with Gasteiger partial charge in [-0.2, -0.15) is 0 Å². The van der Waals surface area contributed by atoms with Gasteiger partial charge >= 0.3 is 11.9 Å². The molecule has 2 aromatic carbocycles. The smallest absolute Gasteiger partial charge is 0.339 e. The fourth-order valence-corrected chi connectivity index (χ4v) is 2.73. The molecule has 0 fully saturated rings. The van der Waals surface area contributed by atoms with Gasteiger partial charge in [-0.1, -0.05) is 10.3 Å². The average molecular weight is 518 g/mol. The van der Waals surface area contributed by atoms with E-state index in [2.05, 4.69) is 14.9 Å². The zero-order chi connectivity index (χ0) is 27.3. The Kier molecular flexibility index (Phi) is 7.36. The van der Waals surface area contributed by atoms with Gasteiger partial charge in [-0.05, 0) is 0 Å². The molecule has 0 aliphatic heterocycles.